The lowest BCUT2D eigenvalue weighted by Crippen LogP contribution is -1.99. The molecule has 3 N–H and O–H groups in total. The Hall–Kier alpha value is -1.69. The van der Waals surface area contributed by atoms with Crippen LogP contribution in [0.15, 0.2) is 18.3 Å². The van der Waals surface area contributed by atoms with Crippen LogP contribution < -0.4 is 11.1 Å². The summed E-state index contributed by atoms with van der Waals surface area (Å²) in [4.78, 5) is 8.20. The van der Waals surface area contributed by atoms with Gasteiger partial charge in [0.15, 0.2) is 0 Å². The number of aromatic nitrogens is 3. The van der Waals surface area contributed by atoms with Crippen molar-refractivity contribution in [1.82, 2.24) is 14.3 Å². The lowest BCUT2D eigenvalue weighted by Gasteiger charge is -2.01. The molecule has 0 fully saturated rings. The minimum atomic E-state index is 0.310. The summed E-state index contributed by atoms with van der Waals surface area (Å²) < 4.78 is 3.87. The van der Waals surface area contributed by atoms with E-state index >= 15 is 0 Å². The average molecular weight is 221 g/mol. The molecule has 0 aliphatic heterocycles. The molecule has 0 radical (unpaired) electrons. The molecule has 0 aliphatic rings. The topological polar surface area (TPSA) is 76.7 Å². The SMILES string of the molecule is Cc1ccc(CNc2nc(N)ns2)cn1. The van der Waals surface area contributed by atoms with Crippen LogP contribution in [0.3, 0.4) is 0 Å². The third-order valence-corrected chi connectivity index (χ3v) is 2.55. The van der Waals surface area contributed by atoms with E-state index in [1.54, 1.807) is 0 Å². The molecule has 2 heterocycles. The molecule has 0 spiro atoms. The van der Waals surface area contributed by atoms with Gasteiger partial charge in [0, 0.05) is 30.0 Å². The summed E-state index contributed by atoms with van der Waals surface area (Å²) in [5.41, 5.74) is 7.52. The monoisotopic (exact) mass is 221 g/mol. The Morgan fingerprint density at radius 3 is 2.93 bits per heavy atom. The first-order chi connectivity index (χ1) is 7.24. The summed E-state index contributed by atoms with van der Waals surface area (Å²) in [5, 5.41) is 3.86. The zero-order chi connectivity index (χ0) is 10.7. The van der Waals surface area contributed by atoms with Crippen LogP contribution in [-0.2, 0) is 6.54 Å². The van der Waals surface area contributed by atoms with Crippen LogP contribution >= 0.6 is 11.5 Å². The summed E-state index contributed by atoms with van der Waals surface area (Å²) in [6.07, 6.45) is 1.84. The van der Waals surface area contributed by atoms with Crippen molar-refractivity contribution >= 4 is 22.6 Å². The van der Waals surface area contributed by atoms with E-state index in [2.05, 4.69) is 19.7 Å². The van der Waals surface area contributed by atoms with E-state index in [0.717, 1.165) is 16.4 Å². The van der Waals surface area contributed by atoms with E-state index in [1.165, 1.54) is 11.5 Å². The fourth-order valence-electron chi connectivity index (χ4n) is 1.09. The molecule has 0 unspecified atom stereocenters. The van der Waals surface area contributed by atoms with Gasteiger partial charge in [0.05, 0.1) is 0 Å². The van der Waals surface area contributed by atoms with E-state index in [4.69, 9.17) is 5.73 Å². The molecule has 78 valence electrons. The Bertz CT molecular complexity index is 436. The molecule has 6 heteroatoms. The fraction of sp³-hybridized carbons (Fsp3) is 0.222. The summed E-state index contributed by atoms with van der Waals surface area (Å²) in [6, 6.07) is 4.01. The van der Waals surface area contributed by atoms with Crippen LogP contribution in [0.5, 0.6) is 0 Å². The first kappa shape index (κ1) is 9.85. The Balaban J connectivity index is 1.96. The van der Waals surface area contributed by atoms with Crippen LogP contribution in [0.4, 0.5) is 11.1 Å². The van der Waals surface area contributed by atoms with E-state index in [1.807, 2.05) is 25.3 Å². The fourth-order valence-corrected chi connectivity index (χ4v) is 1.58. The van der Waals surface area contributed by atoms with Crippen molar-refractivity contribution in [3.63, 3.8) is 0 Å². The Morgan fingerprint density at radius 2 is 2.33 bits per heavy atom. The average Bonchev–Trinajstić information content (AvgIpc) is 2.64. The highest BCUT2D eigenvalue weighted by atomic mass is 32.1. The lowest BCUT2D eigenvalue weighted by atomic mass is 10.2. The quantitative estimate of drug-likeness (QED) is 0.820. The van der Waals surface area contributed by atoms with Crippen molar-refractivity contribution in [2.24, 2.45) is 0 Å². The van der Waals surface area contributed by atoms with E-state index in [9.17, 15) is 0 Å². The molecular weight excluding hydrogens is 210 g/mol. The van der Waals surface area contributed by atoms with Crippen molar-refractivity contribution < 1.29 is 0 Å². The Morgan fingerprint density at radius 1 is 1.47 bits per heavy atom. The van der Waals surface area contributed by atoms with Crippen LogP contribution in [0, 0.1) is 6.92 Å². The third kappa shape index (κ3) is 2.63. The van der Waals surface area contributed by atoms with Gasteiger partial charge in [-0.05, 0) is 18.6 Å². The van der Waals surface area contributed by atoms with Gasteiger partial charge in [0.2, 0.25) is 11.1 Å². The molecule has 15 heavy (non-hydrogen) atoms. The molecule has 0 aliphatic carbocycles. The standard InChI is InChI=1S/C9H11N5S/c1-6-2-3-7(4-11-6)5-12-9-13-8(10)14-15-9/h2-4H,5H2,1H3,(H3,10,12,13,14). The lowest BCUT2D eigenvalue weighted by molar-refractivity contribution is 1.08. The van der Waals surface area contributed by atoms with Crippen LogP contribution in [0.25, 0.3) is 0 Å². The number of hydrogen-bond acceptors (Lipinski definition) is 6. The van der Waals surface area contributed by atoms with Gasteiger partial charge >= 0.3 is 0 Å². The highest BCUT2D eigenvalue weighted by Crippen LogP contribution is 2.12. The van der Waals surface area contributed by atoms with Gasteiger partial charge in [0.1, 0.15) is 0 Å². The Kier molecular flexibility index (Phi) is 2.77. The van der Waals surface area contributed by atoms with Crippen LogP contribution in [0.2, 0.25) is 0 Å². The maximum absolute atomic E-state index is 5.40. The molecule has 0 amide bonds. The Labute approximate surface area is 91.5 Å². The minimum absolute atomic E-state index is 0.310. The van der Waals surface area contributed by atoms with Crippen molar-refractivity contribution in [2.75, 3.05) is 11.1 Å². The molecular formula is C9H11N5S. The molecule has 2 rings (SSSR count). The number of anilines is 2. The normalized spacial score (nSPS) is 10.2. The highest BCUT2D eigenvalue weighted by molar-refractivity contribution is 7.09. The maximum atomic E-state index is 5.40. The number of pyridine rings is 1. The van der Waals surface area contributed by atoms with Gasteiger partial charge in [-0.3, -0.25) is 4.98 Å². The summed E-state index contributed by atoms with van der Waals surface area (Å²) in [7, 11) is 0. The van der Waals surface area contributed by atoms with E-state index in [-0.39, 0.29) is 0 Å². The molecule has 0 saturated heterocycles. The minimum Gasteiger partial charge on any atom is -0.367 e. The molecule has 2 aromatic heterocycles. The second kappa shape index (κ2) is 4.22. The first-order valence-electron chi connectivity index (χ1n) is 4.48. The summed E-state index contributed by atoms with van der Waals surface area (Å²) in [6.45, 7) is 2.64. The van der Waals surface area contributed by atoms with Crippen LogP contribution in [0.1, 0.15) is 11.3 Å². The van der Waals surface area contributed by atoms with E-state index in [0.29, 0.717) is 12.5 Å². The summed E-state index contributed by atoms with van der Waals surface area (Å²) >= 11 is 1.25. The second-order valence-electron chi connectivity index (χ2n) is 3.12. The van der Waals surface area contributed by atoms with Gasteiger partial charge in [-0.2, -0.15) is 9.36 Å². The number of nitrogens with two attached hydrogens (primary N) is 1. The van der Waals surface area contributed by atoms with Gasteiger partial charge < -0.3 is 11.1 Å². The number of nitrogens with one attached hydrogen (secondary N) is 1. The molecule has 0 bridgehead atoms. The van der Waals surface area contributed by atoms with Gasteiger partial charge in [0.25, 0.3) is 0 Å². The molecule has 0 saturated carbocycles. The van der Waals surface area contributed by atoms with Crippen molar-refractivity contribution in [1.29, 1.82) is 0 Å². The number of hydrogen-bond donors (Lipinski definition) is 2. The predicted octanol–water partition coefficient (Wildman–Crippen LogP) is 1.44. The van der Waals surface area contributed by atoms with Crippen molar-refractivity contribution in [2.45, 2.75) is 13.5 Å². The second-order valence-corrected chi connectivity index (χ2v) is 3.87. The van der Waals surface area contributed by atoms with Gasteiger partial charge in [-0.15, -0.1) is 0 Å². The largest absolute Gasteiger partial charge is 0.367 e. The molecule has 0 atom stereocenters. The number of nitrogen functional groups attached to an aromatic ring is 1. The van der Waals surface area contributed by atoms with Crippen LogP contribution in [-0.4, -0.2) is 14.3 Å². The van der Waals surface area contributed by atoms with Gasteiger partial charge in [-0.25, -0.2) is 0 Å². The molecule has 5 nitrogen and oxygen atoms in total. The zero-order valence-electron chi connectivity index (χ0n) is 8.27. The number of aryl methyl sites for hydroxylation is 1. The van der Waals surface area contributed by atoms with Crippen molar-refractivity contribution in [3.8, 4) is 0 Å². The zero-order valence-corrected chi connectivity index (χ0v) is 9.08. The molecule has 0 aromatic carbocycles. The smallest absolute Gasteiger partial charge is 0.233 e. The van der Waals surface area contributed by atoms with Crippen molar-refractivity contribution in [3.05, 3.63) is 29.6 Å². The maximum Gasteiger partial charge on any atom is 0.233 e. The number of rotatable bonds is 3. The molecule has 2 aromatic rings. The third-order valence-electron chi connectivity index (χ3n) is 1.86. The highest BCUT2D eigenvalue weighted by Gasteiger charge is 1.99. The summed E-state index contributed by atoms with van der Waals surface area (Å²) in [5.74, 6) is 0.310. The predicted molar refractivity (Wildman–Crippen MR) is 60.6 cm³/mol. The van der Waals surface area contributed by atoms with E-state index < -0.39 is 0 Å². The van der Waals surface area contributed by atoms with Gasteiger partial charge in [-0.1, -0.05) is 6.07 Å². The number of nitrogens with zero attached hydrogens (tertiary/aromatic N) is 3. The first-order valence-corrected chi connectivity index (χ1v) is 5.26.